The highest BCUT2D eigenvalue weighted by atomic mass is 32.1. The summed E-state index contributed by atoms with van der Waals surface area (Å²) in [5.74, 6) is 1.27. The fraction of sp³-hybridized carbons (Fsp3) is 0.211. The topological polar surface area (TPSA) is 77.1 Å². The van der Waals surface area contributed by atoms with Crippen molar-refractivity contribution in [2.45, 2.75) is 13.5 Å². The van der Waals surface area contributed by atoms with Gasteiger partial charge in [-0.05, 0) is 42.8 Å². The molecule has 6 nitrogen and oxygen atoms in total. The molecule has 0 aliphatic carbocycles. The molecular weight excluding hydrogens is 350 g/mol. The van der Waals surface area contributed by atoms with Gasteiger partial charge in [-0.25, -0.2) is 9.97 Å². The summed E-state index contributed by atoms with van der Waals surface area (Å²) < 4.78 is 11.1. The Labute approximate surface area is 153 Å². The Bertz CT molecular complexity index is 1160. The second-order valence-electron chi connectivity index (χ2n) is 5.96. The van der Waals surface area contributed by atoms with Crippen LogP contribution in [0.15, 0.2) is 35.1 Å². The average molecular weight is 367 g/mol. The number of nitrogens with zero attached hydrogens (tertiary/aromatic N) is 2. The van der Waals surface area contributed by atoms with Crippen LogP contribution in [-0.4, -0.2) is 29.2 Å². The highest BCUT2D eigenvalue weighted by molar-refractivity contribution is 7.25. The van der Waals surface area contributed by atoms with E-state index in [0.717, 1.165) is 32.8 Å². The third kappa shape index (κ3) is 2.75. The first-order chi connectivity index (χ1) is 12.6. The molecule has 0 fully saturated rings. The molecule has 3 aromatic heterocycles. The lowest BCUT2D eigenvalue weighted by Gasteiger charge is -2.05. The van der Waals surface area contributed by atoms with Crippen LogP contribution in [0.3, 0.4) is 0 Å². The number of aryl methyl sites for hydroxylation is 1. The van der Waals surface area contributed by atoms with Crippen molar-refractivity contribution in [2.24, 2.45) is 0 Å². The van der Waals surface area contributed by atoms with E-state index in [1.54, 1.807) is 14.2 Å². The highest BCUT2D eigenvalue weighted by Crippen LogP contribution is 2.33. The number of H-pyrrole nitrogens is 1. The van der Waals surface area contributed by atoms with Gasteiger partial charge in [0.1, 0.15) is 21.1 Å². The molecule has 0 saturated heterocycles. The molecule has 4 aromatic rings. The zero-order chi connectivity index (χ0) is 18.3. The molecule has 0 aliphatic rings. The minimum absolute atomic E-state index is 0.162. The summed E-state index contributed by atoms with van der Waals surface area (Å²) in [5, 5.41) is 0.887. The van der Waals surface area contributed by atoms with Gasteiger partial charge in [0, 0.05) is 23.8 Å². The van der Waals surface area contributed by atoms with Crippen molar-refractivity contribution in [2.75, 3.05) is 14.2 Å². The monoisotopic (exact) mass is 367 g/mol. The van der Waals surface area contributed by atoms with Crippen LogP contribution >= 0.6 is 11.3 Å². The van der Waals surface area contributed by atoms with Crippen molar-refractivity contribution in [3.05, 3.63) is 51.9 Å². The normalized spacial score (nSPS) is 11.3. The van der Waals surface area contributed by atoms with Crippen LogP contribution in [0.1, 0.15) is 11.3 Å². The largest absolute Gasteiger partial charge is 0.497 e. The van der Waals surface area contributed by atoms with Gasteiger partial charge in [-0.1, -0.05) is 0 Å². The van der Waals surface area contributed by atoms with E-state index >= 15 is 0 Å². The van der Waals surface area contributed by atoms with E-state index < -0.39 is 0 Å². The highest BCUT2D eigenvalue weighted by Gasteiger charge is 2.17. The average Bonchev–Trinajstić information content (AvgIpc) is 3.01. The lowest BCUT2D eigenvalue weighted by atomic mass is 10.1. The predicted molar refractivity (Wildman–Crippen MR) is 103 cm³/mol. The van der Waals surface area contributed by atoms with E-state index in [1.165, 1.54) is 11.3 Å². The van der Waals surface area contributed by atoms with Crippen molar-refractivity contribution in [1.29, 1.82) is 0 Å². The molecule has 0 saturated carbocycles. The van der Waals surface area contributed by atoms with Gasteiger partial charge in [0.25, 0.3) is 5.56 Å². The number of hydrogen-bond acceptors (Lipinski definition) is 6. The molecule has 0 amide bonds. The van der Waals surface area contributed by atoms with E-state index in [4.69, 9.17) is 14.5 Å². The number of nitrogens with one attached hydrogen (secondary N) is 1. The Morgan fingerprint density at radius 3 is 2.62 bits per heavy atom. The number of benzene rings is 1. The maximum Gasteiger partial charge on any atom is 0.269 e. The van der Waals surface area contributed by atoms with Gasteiger partial charge in [0.15, 0.2) is 0 Å². The first-order valence-corrected chi connectivity index (χ1v) is 8.88. The van der Waals surface area contributed by atoms with Gasteiger partial charge in [0.05, 0.1) is 19.2 Å². The zero-order valence-corrected chi connectivity index (χ0v) is 15.4. The Hall–Kier alpha value is -2.77. The molecule has 26 heavy (non-hydrogen) atoms. The van der Waals surface area contributed by atoms with Crippen LogP contribution in [0.5, 0.6) is 5.75 Å². The minimum Gasteiger partial charge on any atom is -0.497 e. The number of hydrogen-bond donors (Lipinski definition) is 1. The minimum atomic E-state index is -0.162. The summed E-state index contributed by atoms with van der Waals surface area (Å²) in [4.78, 5) is 25.6. The zero-order valence-electron chi connectivity index (χ0n) is 14.6. The Balaban J connectivity index is 2.00. The molecule has 7 heteroatoms. The van der Waals surface area contributed by atoms with Crippen LogP contribution in [0.2, 0.25) is 0 Å². The third-order valence-corrected chi connectivity index (χ3v) is 5.24. The molecule has 1 N–H and O–H groups in total. The summed E-state index contributed by atoms with van der Waals surface area (Å²) >= 11 is 1.36. The summed E-state index contributed by atoms with van der Waals surface area (Å²) in [7, 11) is 3.27. The van der Waals surface area contributed by atoms with Crippen molar-refractivity contribution in [3.63, 3.8) is 0 Å². The number of methoxy groups -OCH3 is 2. The van der Waals surface area contributed by atoms with Gasteiger partial charge in [-0.2, -0.15) is 0 Å². The maximum absolute atomic E-state index is 12.7. The number of aromatic nitrogens is 3. The molecule has 3 heterocycles. The van der Waals surface area contributed by atoms with E-state index in [9.17, 15) is 4.79 Å². The van der Waals surface area contributed by atoms with E-state index in [0.29, 0.717) is 22.6 Å². The summed E-state index contributed by atoms with van der Waals surface area (Å²) in [6.45, 7) is 2.38. The molecule has 0 unspecified atom stereocenters. The van der Waals surface area contributed by atoms with Crippen LogP contribution in [0.25, 0.3) is 31.8 Å². The van der Waals surface area contributed by atoms with Crippen LogP contribution in [0.4, 0.5) is 0 Å². The molecule has 0 spiro atoms. The number of aromatic amines is 1. The van der Waals surface area contributed by atoms with Crippen molar-refractivity contribution in [1.82, 2.24) is 15.0 Å². The van der Waals surface area contributed by atoms with Crippen LogP contribution in [-0.2, 0) is 11.3 Å². The predicted octanol–water partition coefficient (Wildman–Crippen LogP) is 3.66. The number of thiophene rings is 1. The molecule has 0 aliphatic heterocycles. The number of fused-ring (bicyclic) bond motifs is 3. The number of rotatable bonds is 4. The Kier molecular flexibility index (Phi) is 4.18. The van der Waals surface area contributed by atoms with Crippen molar-refractivity contribution >= 4 is 31.8 Å². The summed E-state index contributed by atoms with van der Waals surface area (Å²) in [6, 6.07) is 9.40. The quantitative estimate of drug-likeness (QED) is 0.596. The molecule has 132 valence electrons. The number of pyridine rings is 1. The SMILES string of the molecule is COCc1cc(C)nc2sc3c(=O)[nH]c(-c4ccc(OC)cc4)nc3c12. The van der Waals surface area contributed by atoms with Gasteiger partial charge < -0.3 is 14.5 Å². The molecule has 0 atom stereocenters. The third-order valence-electron chi connectivity index (χ3n) is 4.17. The smallest absolute Gasteiger partial charge is 0.269 e. The summed E-state index contributed by atoms with van der Waals surface area (Å²) in [6.07, 6.45) is 0. The van der Waals surface area contributed by atoms with E-state index in [1.807, 2.05) is 37.3 Å². The van der Waals surface area contributed by atoms with E-state index in [-0.39, 0.29) is 5.56 Å². The molecule has 1 aromatic carbocycles. The molecule has 0 bridgehead atoms. The van der Waals surface area contributed by atoms with Gasteiger partial charge in [0.2, 0.25) is 0 Å². The Morgan fingerprint density at radius 1 is 1.15 bits per heavy atom. The van der Waals surface area contributed by atoms with Gasteiger partial charge in [-0.15, -0.1) is 11.3 Å². The fourth-order valence-corrected chi connectivity index (χ4v) is 4.12. The van der Waals surface area contributed by atoms with Crippen LogP contribution in [0, 0.1) is 6.92 Å². The van der Waals surface area contributed by atoms with Gasteiger partial charge in [-0.3, -0.25) is 4.79 Å². The first kappa shape index (κ1) is 16.7. The first-order valence-electron chi connectivity index (χ1n) is 8.07. The van der Waals surface area contributed by atoms with Crippen molar-refractivity contribution in [3.8, 4) is 17.1 Å². The molecule has 4 rings (SSSR count). The van der Waals surface area contributed by atoms with Crippen LogP contribution < -0.4 is 10.3 Å². The van der Waals surface area contributed by atoms with E-state index in [2.05, 4.69) is 9.97 Å². The Morgan fingerprint density at radius 2 is 1.92 bits per heavy atom. The van der Waals surface area contributed by atoms with Gasteiger partial charge >= 0.3 is 0 Å². The second kappa shape index (κ2) is 6.51. The lowest BCUT2D eigenvalue weighted by molar-refractivity contribution is 0.186. The number of ether oxygens (including phenoxy) is 2. The molecular formula is C19H17N3O3S. The van der Waals surface area contributed by atoms with Crippen molar-refractivity contribution < 1.29 is 9.47 Å². The second-order valence-corrected chi connectivity index (χ2v) is 6.96. The molecule has 0 radical (unpaired) electrons. The maximum atomic E-state index is 12.7. The fourth-order valence-electron chi connectivity index (χ4n) is 3.02. The lowest BCUT2D eigenvalue weighted by Crippen LogP contribution is -2.07. The standard InChI is InChI=1S/C19H17N3O3S/c1-10-8-12(9-24-2)14-15-16(26-19(14)20-10)18(23)22-17(21-15)11-4-6-13(25-3)7-5-11/h4-8H,9H2,1-3H3,(H,21,22,23). The summed E-state index contributed by atoms with van der Waals surface area (Å²) in [5.41, 5.74) is 3.20.